The Morgan fingerprint density at radius 2 is 1.85 bits per heavy atom. The average molecular weight is 381 g/mol. The summed E-state index contributed by atoms with van der Waals surface area (Å²) in [6, 6.07) is 12.8. The van der Waals surface area contributed by atoms with Crippen molar-refractivity contribution < 1.29 is 0 Å². The zero-order valence-corrected chi connectivity index (χ0v) is 14.7. The van der Waals surface area contributed by atoms with Gasteiger partial charge >= 0.3 is 0 Å². The second kappa shape index (κ2) is 6.30. The largest absolute Gasteiger partial charge is 0.381 e. The highest BCUT2D eigenvalue weighted by atomic mass is 35.5. The third-order valence-electron chi connectivity index (χ3n) is 3.90. The molecule has 0 saturated heterocycles. The molecular formula is C18H10Cl2N6. The number of rotatable bonds is 2. The van der Waals surface area contributed by atoms with E-state index in [-0.39, 0.29) is 11.5 Å². The Labute approximate surface area is 158 Å². The highest BCUT2D eigenvalue weighted by molar-refractivity contribution is 6.35. The molecule has 0 atom stereocenters. The summed E-state index contributed by atoms with van der Waals surface area (Å²) in [5.74, 6) is 0.0571. The minimum atomic E-state index is 0.0502. The van der Waals surface area contributed by atoms with Crippen molar-refractivity contribution in [2.24, 2.45) is 0 Å². The lowest BCUT2D eigenvalue weighted by Gasteiger charge is -2.11. The van der Waals surface area contributed by atoms with Gasteiger partial charge in [0.25, 0.3) is 0 Å². The van der Waals surface area contributed by atoms with Crippen LogP contribution in [0.1, 0.15) is 5.69 Å². The number of aromatic nitrogens is 4. The monoisotopic (exact) mass is 380 g/mol. The zero-order chi connectivity index (χ0) is 18.3. The number of fused-ring (bicyclic) bond motifs is 1. The molecule has 0 aliphatic carbocycles. The molecule has 0 radical (unpaired) electrons. The summed E-state index contributed by atoms with van der Waals surface area (Å²) in [6.45, 7) is 0. The molecule has 0 aliphatic rings. The van der Waals surface area contributed by atoms with E-state index in [1.807, 2.05) is 24.3 Å². The highest BCUT2D eigenvalue weighted by Gasteiger charge is 2.17. The molecule has 0 unspecified atom stereocenters. The Hall–Kier alpha value is -3.14. The standard InChI is InChI=1S/C18H10Cl2N6/c19-12-3-1-2-9(5-12)16-17(24-14(7-21)18(22)25-16)10-4-11-8-23-26-15(11)13(20)6-10/h1-6,8H,(H2,22,25)(H,23,26). The fourth-order valence-electron chi connectivity index (χ4n) is 2.72. The van der Waals surface area contributed by atoms with Gasteiger partial charge in [-0.2, -0.15) is 10.4 Å². The molecule has 0 aliphatic heterocycles. The van der Waals surface area contributed by atoms with Crippen molar-refractivity contribution in [3.63, 3.8) is 0 Å². The van der Waals surface area contributed by atoms with Gasteiger partial charge < -0.3 is 5.73 Å². The number of nitrogens with one attached hydrogen (secondary N) is 1. The molecule has 2 heterocycles. The maximum Gasteiger partial charge on any atom is 0.183 e. The molecule has 0 fully saturated rings. The van der Waals surface area contributed by atoms with Crippen LogP contribution in [-0.4, -0.2) is 20.2 Å². The first-order valence-electron chi connectivity index (χ1n) is 7.53. The van der Waals surface area contributed by atoms with Gasteiger partial charge in [-0.3, -0.25) is 5.10 Å². The Balaban J connectivity index is 2.03. The number of nitrogens with two attached hydrogens (primary N) is 1. The lowest BCUT2D eigenvalue weighted by Crippen LogP contribution is -2.03. The van der Waals surface area contributed by atoms with E-state index in [0.29, 0.717) is 27.0 Å². The molecule has 0 spiro atoms. The number of halogens is 2. The third-order valence-corrected chi connectivity index (χ3v) is 4.43. The topological polar surface area (TPSA) is 104 Å². The van der Waals surface area contributed by atoms with E-state index in [1.54, 1.807) is 24.4 Å². The summed E-state index contributed by atoms with van der Waals surface area (Å²) in [6.07, 6.45) is 1.67. The van der Waals surface area contributed by atoms with Crippen LogP contribution in [0.2, 0.25) is 10.0 Å². The minimum Gasteiger partial charge on any atom is -0.381 e. The van der Waals surface area contributed by atoms with E-state index >= 15 is 0 Å². The van der Waals surface area contributed by atoms with E-state index in [0.717, 1.165) is 16.5 Å². The smallest absolute Gasteiger partial charge is 0.183 e. The summed E-state index contributed by atoms with van der Waals surface area (Å²) >= 11 is 12.5. The second-order valence-corrected chi connectivity index (χ2v) is 6.41. The maximum absolute atomic E-state index is 9.29. The minimum absolute atomic E-state index is 0.0502. The summed E-state index contributed by atoms with van der Waals surface area (Å²) in [5.41, 5.74) is 9.10. The first-order valence-corrected chi connectivity index (χ1v) is 8.29. The van der Waals surface area contributed by atoms with Gasteiger partial charge in [-0.05, 0) is 24.3 Å². The number of hydrogen-bond acceptors (Lipinski definition) is 5. The van der Waals surface area contributed by atoms with Crippen LogP contribution in [0.25, 0.3) is 33.4 Å². The zero-order valence-electron chi connectivity index (χ0n) is 13.2. The number of anilines is 1. The number of hydrogen-bond donors (Lipinski definition) is 2. The number of nitriles is 1. The van der Waals surface area contributed by atoms with Crippen molar-refractivity contribution in [1.82, 2.24) is 20.2 Å². The van der Waals surface area contributed by atoms with Crippen LogP contribution in [0, 0.1) is 11.3 Å². The predicted molar refractivity (Wildman–Crippen MR) is 102 cm³/mol. The van der Waals surface area contributed by atoms with Gasteiger partial charge in [0.15, 0.2) is 11.5 Å². The van der Waals surface area contributed by atoms with Crippen LogP contribution in [0.3, 0.4) is 0 Å². The van der Waals surface area contributed by atoms with E-state index < -0.39 is 0 Å². The number of H-pyrrole nitrogens is 1. The van der Waals surface area contributed by atoms with Crippen molar-refractivity contribution in [3.05, 3.63) is 58.3 Å². The molecule has 0 saturated carbocycles. The summed E-state index contributed by atoms with van der Waals surface area (Å²) in [7, 11) is 0. The Bertz CT molecular complexity index is 1190. The summed E-state index contributed by atoms with van der Waals surface area (Å²) in [5, 5.41) is 18.0. The normalized spacial score (nSPS) is 10.8. The highest BCUT2D eigenvalue weighted by Crippen LogP contribution is 2.35. The van der Waals surface area contributed by atoms with Crippen LogP contribution in [0.15, 0.2) is 42.6 Å². The van der Waals surface area contributed by atoms with Crippen LogP contribution < -0.4 is 5.73 Å². The molecule has 26 heavy (non-hydrogen) atoms. The van der Waals surface area contributed by atoms with Crippen LogP contribution in [-0.2, 0) is 0 Å². The lowest BCUT2D eigenvalue weighted by atomic mass is 10.0. The van der Waals surface area contributed by atoms with Crippen LogP contribution in [0.4, 0.5) is 5.82 Å². The van der Waals surface area contributed by atoms with Crippen molar-refractivity contribution in [1.29, 1.82) is 5.26 Å². The van der Waals surface area contributed by atoms with E-state index in [9.17, 15) is 5.26 Å². The molecule has 126 valence electrons. The SMILES string of the molecule is N#Cc1nc(-c2cc(Cl)c3[nH]ncc3c2)c(-c2cccc(Cl)c2)nc1N. The third kappa shape index (κ3) is 2.73. The van der Waals surface area contributed by atoms with Crippen molar-refractivity contribution in [2.45, 2.75) is 0 Å². The van der Waals surface area contributed by atoms with Crippen LogP contribution in [0.5, 0.6) is 0 Å². The summed E-state index contributed by atoms with van der Waals surface area (Å²) in [4.78, 5) is 8.82. The second-order valence-electron chi connectivity index (χ2n) is 5.57. The molecule has 6 nitrogen and oxygen atoms in total. The van der Waals surface area contributed by atoms with Crippen molar-refractivity contribution in [3.8, 4) is 28.6 Å². The first kappa shape index (κ1) is 16.3. The molecule has 8 heteroatoms. The van der Waals surface area contributed by atoms with Gasteiger partial charge in [-0.15, -0.1) is 0 Å². The first-order chi connectivity index (χ1) is 12.6. The van der Waals surface area contributed by atoms with Gasteiger partial charge in [0.2, 0.25) is 0 Å². The molecular weight excluding hydrogens is 371 g/mol. The predicted octanol–water partition coefficient (Wildman–Crippen LogP) is 4.45. The molecule has 0 amide bonds. The Kier molecular flexibility index (Phi) is 3.96. The maximum atomic E-state index is 9.29. The number of aromatic amines is 1. The van der Waals surface area contributed by atoms with Gasteiger partial charge in [0.05, 0.1) is 28.1 Å². The molecule has 4 aromatic rings. The lowest BCUT2D eigenvalue weighted by molar-refractivity contribution is 1.12. The molecule has 3 N–H and O–H groups in total. The van der Waals surface area contributed by atoms with Gasteiger partial charge in [-0.1, -0.05) is 35.3 Å². The molecule has 0 bridgehead atoms. The fraction of sp³-hybridized carbons (Fsp3) is 0. The molecule has 2 aromatic carbocycles. The molecule has 2 aromatic heterocycles. The van der Waals surface area contributed by atoms with Gasteiger partial charge in [-0.25, -0.2) is 9.97 Å². The Morgan fingerprint density at radius 3 is 2.62 bits per heavy atom. The van der Waals surface area contributed by atoms with E-state index in [1.165, 1.54) is 0 Å². The van der Waals surface area contributed by atoms with E-state index in [2.05, 4.69) is 20.2 Å². The van der Waals surface area contributed by atoms with Crippen molar-refractivity contribution in [2.75, 3.05) is 5.73 Å². The molecule has 4 rings (SSSR count). The van der Waals surface area contributed by atoms with Crippen molar-refractivity contribution >= 4 is 39.9 Å². The van der Waals surface area contributed by atoms with Gasteiger partial charge in [0, 0.05) is 21.5 Å². The number of nitrogens with zero attached hydrogens (tertiary/aromatic N) is 4. The number of nitrogen functional groups attached to an aromatic ring is 1. The quantitative estimate of drug-likeness (QED) is 0.534. The van der Waals surface area contributed by atoms with E-state index in [4.69, 9.17) is 28.9 Å². The van der Waals surface area contributed by atoms with Crippen LogP contribution >= 0.6 is 23.2 Å². The Morgan fingerprint density at radius 1 is 1.04 bits per heavy atom. The van der Waals surface area contributed by atoms with Gasteiger partial charge in [0.1, 0.15) is 6.07 Å². The number of benzene rings is 2. The average Bonchev–Trinajstić information content (AvgIpc) is 3.10. The summed E-state index contributed by atoms with van der Waals surface area (Å²) < 4.78 is 0. The fourth-order valence-corrected chi connectivity index (χ4v) is 3.18.